The van der Waals surface area contributed by atoms with Crippen LogP contribution >= 0.6 is 0 Å². The highest BCUT2D eigenvalue weighted by molar-refractivity contribution is 5.89. The number of anilines is 1. The Morgan fingerprint density at radius 2 is 1.82 bits per heavy atom. The van der Waals surface area contributed by atoms with Crippen LogP contribution in [0.1, 0.15) is 23.1 Å². The lowest BCUT2D eigenvalue weighted by atomic mass is 10.1. The molecule has 1 fully saturated rings. The molecule has 1 aliphatic rings. The van der Waals surface area contributed by atoms with E-state index in [1.165, 1.54) is 18.2 Å². The van der Waals surface area contributed by atoms with E-state index in [0.29, 0.717) is 6.54 Å². The highest BCUT2D eigenvalue weighted by Gasteiger charge is 2.35. The Morgan fingerprint density at radius 3 is 2.50 bits per heavy atom. The number of hydrogen-bond acceptors (Lipinski definition) is 3. The summed E-state index contributed by atoms with van der Waals surface area (Å²) in [6.45, 7) is 2.59. The van der Waals surface area contributed by atoms with E-state index < -0.39 is 23.6 Å². The predicted octanol–water partition coefficient (Wildman–Crippen LogP) is 3.51. The van der Waals surface area contributed by atoms with Crippen LogP contribution in [0.2, 0.25) is 0 Å². The number of carbonyl (C=O) groups is 2. The van der Waals surface area contributed by atoms with Gasteiger partial charge in [-0.15, -0.1) is 0 Å². The van der Waals surface area contributed by atoms with E-state index in [2.05, 4.69) is 10.9 Å². The van der Waals surface area contributed by atoms with Crippen molar-refractivity contribution in [2.45, 2.75) is 26.1 Å². The van der Waals surface area contributed by atoms with Crippen molar-refractivity contribution in [2.75, 3.05) is 12.0 Å². The number of carbonyl (C=O) groups excluding carboxylic acids is 2. The lowest BCUT2D eigenvalue weighted by molar-refractivity contribution is -0.137. The maximum Gasteiger partial charge on any atom is 0.418 e. The molecule has 0 spiro atoms. The first kappa shape index (κ1) is 19.7. The number of hydrogen-bond donors (Lipinski definition) is 2. The van der Waals surface area contributed by atoms with Crippen molar-refractivity contribution in [1.82, 2.24) is 10.3 Å². The summed E-state index contributed by atoms with van der Waals surface area (Å²) >= 11 is 0. The van der Waals surface area contributed by atoms with Gasteiger partial charge in [-0.25, -0.2) is 0 Å². The van der Waals surface area contributed by atoms with E-state index in [1.54, 1.807) is 4.90 Å². The molecule has 1 atom stereocenters. The third-order valence-corrected chi connectivity index (χ3v) is 4.63. The Labute approximate surface area is 160 Å². The van der Waals surface area contributed by atoms with Gasteiger partial charge in [-0.3, -0.25) is 20.4 Å². The van der Waals surface area contributed by atoms with Crippen LogP contribution in [0.15, 0.2) is 48.5 Å². The van der Waals surface area contributed by atoms with Crippen LogP contribution in [0.3, 0.4) is 0 Å². The number of amides is 2. The Kier molecular flexibility index (Phi) is 5.58. The largest absolute Gasteiger partial charge is 0.418 e. The summed E-state index contributed by atoms with van der Waals surface area (Å²) in [7, 11) is 0. The zero-order valence-electron chi connectivity index (χ0n) is 15.2. The molecule has 1 heterocycles. The Bertz CT molecular complexity index is 866. The number of aryl methyl sites for hydroxylation is 1. The van der Waals surface area contributed by atoms with E-state index in [1.807, 2.05) is 31.2 Å². The third kappa shape index (κ3) is 4.62. The molecular formula is C20H20F3N3O2. The zero-order chi connectivity index (χ0) is 20.3. The molecular weight excluding hydrogens is 371 g/mol. The lowest BCUT2D eigenvalue weighted by Crippen LogP contribution is -2.37. The Hall–Kier alpha value is -3.03. The Balaban J connectivity index is 1.59. The molecule has 3 rings (SSSR count). The van der Waals surface area contributed by atoms with Gasteiger partial charge in [-0.1, -0.05) is 42.0 Å². The van der Waals surface area contributed by atoms with Crippen molar-refractivity contribution >= 4 is 17.5 Å². The molecule has 0 bridgehead atoms. The number of hydrazine groups is 1. The Morgan fingerprint density at radius 1 is 1.14 bits per heavy atom. The number of nitrogens with one attached hydrogen (secondary N) is 2. The van der Waals surface area contributed by atoms with Gasteiger partial charge in [0.05, 0.1) is 17.2 Å². The average molecular weight is 391 g/mol. The summed E-state index contributed by atoms with van der Waals surface area (Å²) in [5, 5.41) is 0. The van der Waals surface area contributed by atoms with Crippen molar-refractivity contribution in [3.63, 3.8) is 0 Å². The van der Waals surface area contributed by atoms with Crippen molar-refractivity contribution in [1.29, 1.82) is 0 Å². The molecule has 2 aromatic carbocycles. The standard InChI is InChI=1S/C20H20F3N3O2/c1-13-6-8-14(9-7-13)11-26-12-15(10-18(26)27)19(28)25-24-17-5-3-2-4-16(17)20(21,22)23/h2-9,15,24H,10-12H2,1H3,(H,25,28). The van der Waals surface area contributed by atoms with Gasteiger partial charge in [-0.05, 0) is 24.6 Å². The first-order chi connectivity index (χ1) is 13.2. The van der Waals surface area contributed by atoms with E-state index in [4.69, 9.17) is 0 Å². The average Bonchev–Trinajstić information content (AvgIpc) is 3.02. The van der Waals surface area contributed by atoms with Gasteiger partial charge < -0.3 is 4.90 Å². The quantitative estimate of drug-likeness (QED) is 0.767. The first-order valence-electron chi connectivity index (χ1n) is 8.79. The van der Waals surface area contributed by atoms with Gasteiger partial charge >= 0.3 is 6.18 Å². The molecule has 0 aliphatic carbocycles. The number of alkyl halides is 3. The second kappa shape index (κ2) is 7.92. The van der Waals surface area contributed by atoms with Crippen molar-refractivity contribution in [3.8, 4) is 0 Å². The normalized spacial score (nSPS) is 16.9. The SMILES string of the molecule is Cc1ccc(CN2CC(C(=O)NNc3ccccc3C(F)(F)F)CC2=O)cc1. The minimum atomic E-state index is -4.54. The van der Waals surface area contributed by atoms with Crippen LogP contribution in [0, 0.1) is 12.8 Å². The molecule has 148 valence electrons. The maximum absolute atomic E-state index is 13.0. The van der Waals surface area contributed by atoms with Gasteiger partial charge in [0.25, 0.3) is 0 Å². The minimum Gasteiger partial charge on any atom is -0.338 e. The molecule has 2 amide bonds. The molecule has 8 heteroatoms. The summed E-state index contributed by atoms with van der Waals surface area (Å²) in [5.74, 6) is -1.29. The molecule has 1 unspecified atom stereocenters. The highest BCUT2D eigenvalue weighted by atomic mass is 19.4. The maximum atomic E-state index is 13.0. The van der Waals surface area contributed by atoms with Crippen molar-refractivity contribution in [3.05, 3.63) is 65.2 Å². The fraction of sp³-hybridized carbons (Fsp3) is 0.300. The van der Waals surface area contributed by atoms with E-state index in [9.17, 15) is 22.8 Å². The van der Waals surface area contributed by atoms with Gasteiger partial charge in [0.15, 0.2) is 0 Å². The second-order valence-corrected chi connectivity index (χ2v) is 6.82. The van der Waals surface area contributed by atoms with Crippen molar-refractivity contribution < 1.29 is 22.8 Å². The molecule has 0 radical (unpaired) electrons. The fourth-order valence-electron chi connectivity index (χ4n) is 3.08. The van der Waals surface area contributed by atoms with Gasteiger partial charge in [0.1, 0.15) is 0 Å². The summed E-state index contributed by atoms with van der Waals surface area (Å²) < 4.78 is 39.0. The van der Waals surface area contributed by atoms with E-state index >= 15 is 0 Å². The number of para-hydroxylation sites is 1. The molecule has 0 aromatic heterocycles. The van der Waals surface area contributed by atoms with Gasteiger partial charge in [0.2, 0.25) is 11.8 Å². The molecule has 28 heavy (non-hydrogen) atoms. The second-order valence-electron chi connectivity index (χ2n) is 6.82. The smallest absolute Gasteiger partial charge is 0.338 e. The summed E-state index contributed by atoms with van der Waals surface area (Å²) in [4.78, 5) is 26.1. The van der Waals surface area contributed by atoms with Crippen LogP contribution in [-0.2, 0) is 22.3 Å². The summed E-state index contributed by atoms with van der Waals surface area (Å²) in [5.41, 5.74) is 5.57. The number of likely N-dealkylation sites (tertiary alicyclic amines) is 1. The van der Waals surface area contributed by atoms with E-state index in [-0.39, 0.29) is 24.6 Å². The van der Waals surface area contributed by atoms with Crippen LogP contribution < -0.4 is 10.9 Å². The van der Waals surface area contributed by atoms with Crippen LogP contribution in [0.5, 0.6) is 0 Å². The van der Waals surface area contributed by atoms with Crippen LogP contribution in [-0.4, -0.2) is 23.3 Å². The van der Waals surface area contributed by atoms with Crippen molar-refractivity contribution in [2.24, 2.45) is 5.92 Å². The number of nitrogens with zero attached hydrogens (tertiary/aromatic N) is 1. The monoisotopic (exact) mass is 391 g/mol. The predicted molar refractivity (Wildman–Crippen MR) is 97.9 cm³/mol. The molecule has 0 saturated carbocycles. The number of rotatable bonds is 5. The molecule has 1 aliphatic heterocycles. The summed E-state index contributed by atoms with van der Waals surface area (Å²) in [6.07, 6.45) is -4.51. The fourth-order valence-corrected chi connectivity index (χ4v) is 3.08. The van der Waals surface area contributed by atoms with Crippen LogP contribution in [0.25, 0.3) is 0 Å². The summed E-state index contributed by atoms with van der Waals surface area (Å²) in [6, 6.07) is 12.6. The van der Waals surface area contributed by atoms with E-state index in [0.717, 1.165) is 17.2 Å². The minimum absolute atomic E-state index is 0.0281. The topological polar surface area (TPSA) is 61.4 Å². The zero-order valence-corrected chi connectivity index (χ0v) is 15.2. The third-order valence-electron chi connectivity index (χ3n) is 4.63. The van der Waals surface area contributed by atoms with Gasteiger partial charge in [-0.2, -0.15) is 13.2 Å². The number of halogens is 3. The lowest BCUT2D eigenvalue weighted by Gasteiger charge is -2.18. The first-order valence-corrected chi connectivity index (χ1v) is 8.79. The van der Waals surface area contributed by atoms with Crippen LogP contribution in [0.4, 0.5) is 18.9 Å². The number of benzene rings is 2. The molecule has 5 nitrogen and oxygen atoms in total. The molecule has 1 saturated heterocycles. The molecule has 2 aromatic rings. The van der Waals surface area contributed by atoms with Gasteiger partial charge in [0, 0.05) is 19.5 Å². The molecule has 2 N–H and O–H groups in total. The highest BCUT2D eigenvalue weighted by Crippen LogP contribution is 2.34.